The third kappa shape index (κ3) is 4.92. The number of nitrogens with one attached hydrogen (secondary N) is 1. The minimum absolute atomic E-state index is 0.00102. The summed E-state index contributed by atoms with van der Waals surface area (Å²) in [7, 11) is -1.96. The Balaban J connectivity index is 1.56. The summed E-state index contributed by atoms with van der Waals surface area (Å²) in [4.78, 5) is 6.09. The fourth-order valence-corrected chi connectivity index (χ4v) is 4.59. The SMILES string of the molecule is Cc1nc(S(=O)(=O)NC2CCN(Cc3cccc(C(F)(F)F)c3)CC2)cn1C. The Kier molecular flexibility index (Phi) is 5.83. The first-order valence-electron chi connectivity index (χ1n) is 8.95. The van der Waals surface area contributed by atoms with Crippen molar-refractivity contribution in [3.8, 4) is 0 Å². The maximum Gasteiger partial charge on any atom is 0.416 e. The average Bonchev–Trinajstić information content (AvgIpc) is 2.96. The molecule has 0 unspecified atom stereocenters. The summed E-state index contributed by atoms with van der Waals surface area (Å²) in [5.74, 6) is 0.608. The van der Waals surface area contributed by atoms with Gasteiger partial charge in [0, 0.05) is 38.9 Å². The van der Waals surface area contributed by atoms with Crippen LogP contribution in [0.3, 0.4) is 0 Å². The number of aromatic nitrogens is 2. The standard InChI is InChI=1S/C18H23F3N4O2S/c1-13-22-17(12-24(13)2)28(26,27)23-16-6-8-25(9-7-16)11-14-4-3-5-15(10-14)18(19,20)21/h3-5,10,12,16,23H,6-9,11H2,1-2H3. The summed E-state index contributed by atoms with van der Waals surface area (Å²) in [6.07, 6.45) is -1.71. The van der Waals surface area contributed by atoms with Gasteiger partial charge in [-0.25, -0.2) is 18.1 Å². The van der Waals surface area contributed by atoms with Crippen LogP contribution in [0, 0.1) is 6.92 Å². The second kappa shape index (κ2) is 7.84. The maximum absolute atomic E-state index is 12.8. The lowest BCUT2D eigenvalue weighted by atomic mass is 10.0. The largest absolute Gasteiger partial charge is 0.416 e. The topological polar surface area (TPSA) is 67.2 Å². The van der Waals surface area contributed by atoms with Crippen molar-refractivity contribution in [3.63, 3.8) is 0 Å². The molecule has 1 aliphatic heterocycles. The molecule has 1 aromatic carbocycles. The number of alkyl halides is 3. The van der Waals surface area contributed by atoms with Gasteiger partial charge in [-0.15, -0.1) is 0 Å². The van der Waals surface area contributed by atoms with Crippen LogP contribution in [0.4, 0.5) is 13.2 Å². The van der Waals surface area contributed by atoms with Crippen LogP contribution in [0.5, 0.6) is 0 Å². The molecule has 0 aliphatic carbocycles. The molecular formula is C18H23F3N4O2S. The minimum Gasteiger partial charge on any atom is -0.337 e. The molecule has 1 aliphatic rings. The van der Waals surface area contributed by atoms with Crippen molar-refractivity contribution < 1.29 is 21.6 Å². The lowest BCUT2D eigenvalue weighted by molar-refractivity contribution is -0.137. The van der Waals surface area contributed by atoms with E-state index < -0.39 is 21.8 Å². The van der Waals surface area contributed by atoms with Gasteiger partial charge in [0.1, 0.15) is 5.82 Å². The van der Waals surface area contributed by atoms with Gasteiger partial charge in [0.15, 0.2) is 5.03 Å². The predicted octanol–water partition coefficient (Wildman–Crippen LogP) is 2.69. The van der Waals surface area contributed by atoms with Crippen LogP contribution in [-0.4, -0.2) is 42.0 Å². The molecule has 3 rings (SSSR count). The molecule has 154 valence electrons. The Bertz CT molecular complexity index is 913. The third-order valence-electron chi connectivity index (χ3n) is 4.93. The van der Waals surface area contributed by atoms with Crippen LogP contribution < -0.4 is 4.72 Å². The number of imidazole rings is 1. The zero-order chi connectivity index (χ0) is 20.5. The van der Waals surface area contributed by atoms with Crippen LogP contribution in [0.15, 0.2) is 35.5 Å². The number of hydrogen-bond acceptors (Lipinski definition) is 4. The van der Waals surface area contributed by atoms with E-state index in [1.54, 1.807) is 24.6 Å². The summed E-state index contributed by atoms with van der Waals surface area (Å²) in [5.41, 5.74) is -0.0592. The molecule has 0 amide bonds. The van der Waals surface area contributed by atoms with Crippen molar-refractivity contribution in [2.45, 2.75) is 43.6 Å². The number of nitrogens with zero attached hydrogens (tertiary/aromatic N) is 3. The van der Waals surface area contributed by atoms with Gasteiger partial charge in [0.05, 0.1) is 5.56 Å². The van der Waals surface area contributed by atoms with Crippen molar-refractivity contribution in [1.29, 1.82) is 0 Å². The number of aryl methyl sites for hydroxylation is 2. The lowest BCUT2D eigenvalue weighted by Crippen LogP contribution is -2.44. The molecule has 0 saturated carbocycles. The summed E-state index contributed by atoms with van der Waals surface area (Å²) < 4.78 is 67.8. The normalized spacial score (nSPS) is 17.2. The molecule has 2 aromatic rings. The van der Waals surface area contributed by atoms with Crippen molar-refractivity contribution in [1.82, 2.24) is 19.2 Å². The van der Waals surface area contributed by atoms with Crippen molar-refractivity contribution in [3.05, 3.63) is 47.4 Å². The molecule has 0 radical (unpaired) electrons. The molecule has 1 N–H and O–H groups in total. The summed E-state index contributed by atoms with van der Waals surface area (Å²) in [6, 6.07) is 5.09. The summed E-state index contributed by atoms with van der Waals surface area (Å²) in [6.45, 7) is 3.34. The monoisotopic (exact) mass is 416 g/mol. The summed E-state index contributed by atoms with van der Waals surface area (Å²) >= 11 is 0. The number of likely N-dealkylation sites (tertiary alicyclic amines) is 1. The number of rotatable bonds is 5. The second-order valence-corrected chi connectivity index (χ2v) is 8.77. The first-order chi connectivity index (χ1) is 13.0. The van der Waals surface area contributed by atoms with Crippen molar-refractivity contribution >= 4 is 10.0 Å². The minimum atomic E-state index is -4.36. The van der Waals surface area contributed by atoms with E-state index >= 15 is 0 Å². The highest BCUT2D eigenvalue weighted by Crippen LogP contribution is 2.30. The maximum atomic E-state index is 12.8. The van der Waals surface area contributed by atoms with Crippen LogP contribution in [0.2, 0.25) is 0 Å². The van der Waals surface area contributed by atoms with E-state index in [-0.39, 0.29) is 11.1 Å². The Morgan fingerprint density at radius 2 is 1.93 bits per heavy atom. The molecule has 28 heavy (non-hydrogen) atoms. The van der Waals surface area contributed by atoms with Crippen LogP contribution >= 0.6 is 0 Å². The van der Waals surface area contributed by atoms with Gasteiger partial charge in [-0.2, -0.15) is 13.2 Å². The highest BCUT2D eigenvalue weighted by atomic mass is 32.2. The predicted molar refractivity (Wildman–Crippen MR) is 98.0 cm³/mol. The Morgan fingerprint density at radius 1 is 1.25 bits per heavy atom. The second-order valence-electron chi connectivity index (χ2n) is 7.11. The first-order valence-corrected chi connectivity index (χ1v) is 10.4. The highest BCUT2D eigenvalue weighted by Gasteiger charge is 2.31. The fourth-order valence-electron chi connectivity index (χ4n) is 3.25. The molecular weight excluding hydrogens is 393 g/mol. The van der Waals surface area contributed by atoms with Gasteiger partial charge < -0.3 is 4.57 Å². The Morgan fingerprint density at radius 3 is 2.50 bits per heavy atom. The quantitative estimate of drug-likeness (QED) is 0.814. The van der Waals surface area contributed by atoms with Gasteiger partial charge in [0.2, 0.25) is 0 Å². The van der Waals surface area contributed by atoms with E-state index in [2.05, 4.69) is 9.71 Å². The molecule has 0 atom stereocenters. The van der Waals surface area contributed by atoms with Crippen molar-refractivity contribution in [2.24, 2.45) is 7.05 Å². The van der Waals surface area contributed by atoms with Gasteiger partial charge in [-0.1, -0.05) is 18.2 Å². The van der Waals surface area contributed by atoms with E-state index in [4.69, 9.17) is 0 Å². The average molecular weight is 416 g/mol. The molecule has 0 spiro atoms. The Labute approximate surface area is 162 Å². The molecule has 1 fully saturated rings. The van der Waals surface area contributed by atoms with E-state index in [1.807, 2.05) is 4.90 Å². The number of hydrogen-bond donors (Lipinski definition) is 1. The van der Waals surface area contributed by atoms with Crippen LogP contribution in [0.1, 0.15) is 29.8 Å². The van der Waals surface area contributed by atoms with Gasteiger partial charge in [-0.05, 0) is 31.4 Å². The van der Waals surface area contributed by atoms with Crippen LogP contribution in [-0.2, 0) is 29.8 Å². The van der Waals surface area contributed by atoms with Crippen LogP contribution in [0.25, 0.3) is 0 Å². The number of benzene rings is 1. The van der Waals surface area contributed by atoms with Crippen molar-refractivity contribution in [2.75, 3.05) is 13.1 Å². The molecule has 10 heteroatoms. The van der Waals surface area contributed by atoms with E-state index in [0.29, 0.717) is 43.9 Å². The smallest absolute Gasteiger partial charge is 0.337 e. The van der Waals surface area contributed by atoms with Gasteiger partial charge in [0.25, 0.3) is 10.0 Å². The lowest BCUT2D eigenvalue weighted by Gasteiger charge is -2.32. The molecule has 6 nitrogen and oxygen atoms in total. The zero-order valence-corrected chi connectivity index (χ0v) is 16.5. The van der Waals surface area contributed by atoms with E-state index in [0.717, 1.165) is 12.1 Å². The fraction of sp³-hybridized carbons (Fsp3) is 0.500. The van der Waals surface area contributed by atoms with Gasteiger partial charge >= 0.3 is 6.18 Å². The molecule has 2 heterocycles. The number of piperidine rings is 1. The Hall–Kier alpha value is -1.91. The summed E-state index contributed by atoms with van der Waals surface area (Å²) in [5, 5.41) is -0.00102. The molecule has 1 saturated heterocycles. The molecule has 0 bridgehead atoms. The third-order valence-corrected chi connectivity index (χ3v) is 6.32. The van der Waals surface area contributed by atoms with Gasteiger partial charge in [-0.3, -0.25) is 4.90 Å². The first kappa shape index (κ1) is 20.8. The van der Waals surface area contributed by atoms with E-state index in [1.165, 1.54) is 12.3 Å². The van der Waals surface area contributed by atoms with E-state index in [9.17, 15) is 21.6 Å². The number of sulfonamides is 1. The molecule has 1 aromatic heterocycles. The zero-order valence-electron chi connectivity index (χ0n) is 15.7. The number of halogens is 3. The highest BCUT2D eigenvalue weighted by molar-refractivity contribution is 7.89.